The lowest BCUT2D eigenvalue weighted by Crippen LogP contribution is -2.06. The molecule has 88 valence electrons. The molecule has 3 unspecified atom stereocenters. The van der Waals surface area contributed by atoms with Crippen molar-refractivity contribution in [3.05, 3.63) is 18.0 Å². The van der Waals surface area contributed by atoms with Gasteiger partial charge in [0.1, 0.15) is 6.54 Å². The summed E-state index contributed by atoms with van der Waals surface area (Å²) in [5.41, 5.74) is 0.737. The van der Waals surface area contributed by atoms with Crippen molar-refractivity contribution < 1.29 is 18.7 Å². The molecular formula is C10H12F2N2O2. The molecule has 4 nitrogen and oxygen atoms in total. The topological polar surface area (TPSA) is 55.1 Å². The number of hydrogen-bond donors (Lipinski definition) is 1. The number of nitrogens with zero attached hydrogens (tertiary/aromatic N) is 2. The standard InChI is InChI=1S/C10H12F2N2O2/c1-5-8(9(5)10(15)16)6-2-13-14(3-6)4-7(11)12/h2-3,5,7-9H,4H2,1H3,(H,15,16). The fourth-order valence-corrected chi connectivity index (χ4v) is 2.15. The van der Waals surface area contributed by atoms with Crippen LogP contribution < -0.4 is 0 Å². The lowest BCUT2D eigenvalue weighted by molar-refractivity contribution is -0.138. The van der Waals surface area contributed by atoms with E-state index in [0.717, 1.165) is 10.2 Å². The van der Waals surface area contributed by atoms with Gasteiger partial charge in [-0.3, -0.25) is 9.48 Å². The summed E-state index contributed by atoms with van der Waals surface area (Å²) in [6, 6.07) is 0. The zero-order valence-corrected chi connectivity index (χ0v) is 8.68. The smallest absolute Gasteiger partial charge is 0.307 e. The summed E-state index contributed by atoms with van der Waals surface area (Å²) in [7, 11) is 0. The Morgan fingerprint density at radius 3 is 2.88 bits per heavy atom. The summed E-state index contributed by atoms with van der Waals surface area (Å²) < 4.78 is 25.3. The minimum Gasteiger partial charge on any atom is -0.481 e. The molecule has 1 aliphatic carbocycles. The first kappa shape index (κ1) is 11.0. The van der Waals surface area contributed by atoms with Gasteiger partial charge in [0.15, 0.2) is 0 Å². The van der Waals surface area contributed by atoms with Crippen molar-refractivity contribution in [2.45, 2.75) is 25.8 Å². The largest absolute Gasteiger partial charge is 0.481 e. The molecular weight excluding hydrogens is 218 g/mol. The number of halogens is 2. The summed E-state index contributed by atoms with van der Waals surface area (Å²) >= 11 is 0. The van der Waals surface area contributed by atoms with Gasteiger partial charge in [-0.1, -0.05) is 6.92 Å². The molecule has 1 heterocycles. The Morgan fingerprint density at radius 2 is 2.38 bits per heavy atom. The number of alkyl halides is 2. The van der Waals surface area contributed by atoms with Gasteiger partial charge < -0.3 is 5.11 Å². The van der Waals surface area contributed by atoms with Crippen molar-refractivity contribution in [1.29, 1.82) is 0 Å². The lowest BCUT2D eigenvalue weighted by atomic mass is 10.2. The highest BCUT2D eigenvalue weighted by Gasteiger charge is 2.53. The van der Waals surface area contributed by atoms with E-state index < -0.39 is 24.9 Å². The van der Waals surface area contributed by atoms with E-state index in [1.54, 1.807) is 0 Å². The molecule has 1 fully saturated rings. The van der Waals surface area contributed by atoms with Crippen molar-refractivity contribution in [1.82, 2.24) is 9.78 Å². The molecule has 1 aromatic heterocycles. The second-order valence-electron chi connectivity index (χ2n) is 4.14. The van der Waals surface area contributed by atoms with E-state index in [2.05, 4.69) is 5.10 Å². The third-order valence-electron chi connectivity index (χ3n) is 3.03. The maximum absolute atomic E-state index is 12.1. The Labute approximate surface area is 90.9 Å². The number of carboxylic acid groups (broad SMARTS) is 1. The first-order valence-corrected chi connectivity index (χ1v) is 5.04. The van der Waals surface area contributed by atoms with Gasteiger partial charge in [0.05, 0.1) is 12.1 Å². The molecule has 1 N–H and O–H groups in total. The van der Waals surface area contributed by atoms with Gasteiger partial charge in [-0.15, -0.1) is 0 Å². The van der Waals surface area contributed by atoms with Gasteiger partial charge >= 0.3 is 5.97 Å². The second kappa shape index (κ2) is 3.84. The zero-order valence-electron chi connectivity index (χ0n) is 8.68. The number of carboxylic acids is 1. The Bertz CT molecular complexity index is 405. The average Bonchev–Trinajstić information content (AvgIpc) is 2.64. The summed E-state index contributed by atoms with van der Waals surface area (Å²) in [6.07, 6.45) is 0.544. The SMILES string of the molecule is CC1C(C(=O)O)C1c1cnn(CC(F)F)c1. The molecule has 0 amide bonds. The van der Waals surface area contributed by atoms with Crippen molar-refractivity contribution >= 4 is 5.97 Å². The van der Waals surface area contributed by atoms with Crippen molar-refractivity contribution in [3.63, 3.8) is 0 Å². The lowest BCUT2D eigenvalue weighted by Gasteiger charge is -1.97. The van der Waals surface area contributed by atoms with Gasteiger partial charge in [-0.2, -0.15) is 5.10 Å². The molecule has 0 radical (unpaired) electrons. The van der Waals surface area contributed by atoms with E-state index in [4.69, 9.17) is 5.11 Å². The van der Waals surface area contributed by atoms with Crippen LogP contribution in [0.25, 0.3) is 0 Å². The summed E-state index contributed by atoms with van der Waals surface area (Å²) in [5, 5.41) is 12.6. The molecule has 1 aliphatic rings. The van der Waals surface area contributed by atoms with E-state index in [0.29, 0.717) is 0 Å². The average molecular weight is 230 g/mol. The third-order valence-corrected chi connectivity index (χ3v) is 3.03. The highest BCUT2D eigenvalue weighted by molar-refractivity contribution is 5.76. The molecule has 0 bridgehead atoms. The molecule has 3 atom stereocenters. The molecule has 0 spiro atoms. The molecule has 0 aromatic carbocycles. The summed E-state index contributed by atoms with van der Waals surface area (Å²) in [5.74, 6) is -1.26. The number of carbonyl (C=O) groups is 1. The van der Waals surface area contributed by atoms with Gasteiger partial charge in [0, 0.05) is 12.1 Å². The van der Waals surface area contributed by atoms with Crippen LogP contribution in [0.1, 0.15) is 18.4 Å². The van der Waals surface area contributed by atoms with Crippen LogP contribution in [0.15, 0.2) is 12.4 Å². The van der Waals surface area contributed by atoms with Crippen molar-refractivity contribution in [2.75, 3.05) is 0 Å². The van der Waals surface area contributed by atoms with E-state index in [1.165, 1.54) is 12.4 Å². The zero-order chi connectivity index (χ0) is 11.9. The molecule has 16 heavy (non-hydrogen) atoms. The van der Waals surface area contributed by atoms with Crippen LogP contribution in [0.5, 0.6) is 0 Å². The normalized spacial score (nSPS) is 28.4. The summed E-state index contributed by atoms with van der Waals surface area (Å²) in [6.45, 7) is 1.40. The first-order valence-electron chi connectivity index (χ1n) is 5.04. The van der Waals surface area contributed by atoms with E-state index >= 15 is 0 Å². The Hall–Kier alpha value is -1.46. The van der Waals surface area contributed by atoms with Crippen molar-refractivity contribution in [2.24, 2.45) is 11.8 Å². The maximum Gasteiger partial charge on any atom is 0.307 e. The third kappa shape index (κ3) is 1.91. The quantitative estimate of drug-likeness (QED) is 0.854. The molecule has 1 aromatic rings. The Kier molecular flexibility index (Phi) is 2.65. The molecule has 0 aliphatic heterocycles. The van der Waals surface area contributed by atoms with Crippen LogP contribution in [0.4, 0.5) is 8.78 Å². The molecule has 6 heteroatoms. The Balaban J connectivity index is 2.06. The van der Waals surface area contributed by atoms with Gasteiger partial charge in [-0.25, -0.2) is 8.78 Å². The number of hydrogen-bond acceptors (Lipinski definition) is 2. The second-order valence-corrected chi connectivity index (χ2v) is 4.14. The van der Waals surface area contributed by atoms with E-state index in [1.807, 2.05) is 6.92 Å². The van der Waals surface area contributed by atoms with Gasteiger partial charge in [0.25, 0.3) is 6.43 Å². The summed E-state index contributed by atoms with van der Waals surface area (Å²) in [4.78, 5) is 10.8. The molecule has 0 saturated heterocycles. The van der Waals surface area contributed by atoms with Crippen LogP contribution >= 0.6 is 0 Å². The van der Waals surface area contributed by atoms with Crippen LogP contribution in [-0.2, 0) is 11.3 Å². The Morgan fingerprint density at radius 1 is 1.69 bits per heavy atom. The predicted molar refractivity (Wildman–Crippen MR) is 51.3 cm³/mol. The minimum absolute atomic E-state index is 0.0571. The predicted octanol–water partition coefficient (Wildman–Crippen LogP) is 1.58. The van der Waals surface area contributed by atoms with Crippen LogP contribution in [-0.4, -0.2) is 27.3 Å². The monoisotopic (exact) mass is 230 g/mol. The van der Waals surface area contributed by atoms with E-state index in [-0.39, 0.29) is 11.8 Å². The van der Waals surface area contributed by atoms with Gasteiger partial charge in [0.2, 0.25) is 0 Å². The number of rotatable bonds is 4. The number of aromatic nitrogens is 2. The molecule has 1 saturated carbocycles. The fourth-order valence-electron chi connectivity index (χ4n) is 2.15. The van der Waals surface area contributed by atoms with E-state index in [9.17, 15) is 13.6 Å². The highest BCUT2D eigenvalue weighted by Crippen LogP contribution is 2.53. The van der Waals surface area contributed by atoms with Gasteiger partial charge in [-0.05, 0) is 11.5 Å². The number of aliphatic carboxylic acids is 1. The van der Waals surface area contributed by atoms with Crippen LogP contribution in [0, 0.1) is 11.8 Å². The highest BCUT2D eigenvalue weighted by atomic mass is 19.3. The van der Waals surface area contributed by atoms with Crippen LogP contribution in [0.2, 0.25) is 0 Å². The maximum atomic E-state index is 12.1. The molecule has 2 rings (SSSR count). The van der Waals surface area contributed by atoms with Crippen molar-refractivity contribution in [3.8, 4) is 0 Å². The fraction of sp³-hybridized carbons (Fsp3) is 0.600. The van der Waals surface area contributed by atoms with Crippen LogP contribution in [0.3, 0.4) is 0 Å². The minimum atomic E-state index is -2.44. The first-order chi connectivity index (χ1) is 7.50.